The van der Waals surface area contributed by atoms with E-state index in [0.717, 1.165) is 31.8 Å². The number of rotatable bonds is 4. The molecule has 0 unspecified atom stereocenters. The lowest BCUT2D eigenvalue weighted by Gasteiger charge is -2.44. The summed E-state index contributed by atoms with van der Waals surface area (Å²) in [6, 6.07) is 0. The van der Waals surface area contributed by atoms with Gasteiger partial charge < -0.3 is 10.2 Å². The van der Waals surface area contributed by atoms with E-state index in [2.05, 4.69) is 22.0 Å². The predicted molar refractivity (Wildman–Crippen MR) is 85.3 cm³/mol. The Morgan fingerprint density at radius 2 is 2.05 bits per heavy atom. The number of carbonyl (C=O) groups is 1. The standard InChI is InChI=1S/C14H26N2OS.ClH/c1-15-9-5-6-13(17)16-10-11-18-14(12-16)7-3-2-4-8-14;/h15H,2-12H2,1H3;1H. The minimum absolute atomic E-state index is 0. The van der Waals surface area contributed by atoms with Crippen LogP contribution in [0.2, 0.25) is 0 Å². The molecular formula is C14H27ClN2OS. The van der Waals surface area contributed by atoms with Crippen LogP contribution in [0, 0.1) is 0 Å². The maximum absolute atomic E-state index is 12.2. The first-order chi connectivity index (χ1) is 8.76. The molecule has 2 fully saturated rings. The van der Waals surface area contributed by atoms with E-state index in [1.165, 1.54) is 32.1 Å². The van der Waals surface area contributed by atoms with Crippen LogP contribution < -0.4 is 5.32 Å². The van der Waals surface area contributed by atoms with Crippen molar-refractivity contribution in [2.45, 2.75) is 49.7 Å². The van der Waals surface area contributed by atoms with E-state index in [1.807, 2.05) is 7.05 Å². The first kappa shape index (κ1) is 17.1. The molecule has 1 amide bonds. The summed E-state index contributed by atoms with van der Waals surface area (Å²) < 4.78 is 0.412. The maximum Gasteiger partial charge on any atom is 0.222 e. The van der Waals surface area contributed by atoms with E-state index in [-0.39, 0.29) is 12.4 Å². The van der Waals surface area contributed by atoms with Crippen LogP contribution in [0.15, 0.2) is 0 Å². The number of amides is 1. The van der Waals surface area contributed by atoms with Gasteiger partial charge in [0.1, 0.15) is 0 Å². The molecule has 0 radical (unpaired) electrons. The molecule has 1 saturated carbocycles. The number of hydrogen-bond acceptors (Lipinski definition) is 3. The molecule has 0 aromatic carbocycles. The van der Waals surface area contributed by atoms with Gasteiger partial charge in [-0.3, -0.25) is 4.79 Å². The highest BCUT2D eigenvalue weighted by atomic mass is 35.5. The summed E-state index contributed by atoms with van der Waals surface area (Å²) in [4.78, 5) is 14.3. The second kappa shape index (κ2) is 8.38. The highest BCUT2D eigenvalue weighted by Crippen LogP contribution is 2.42. The zero-order valence-electron chi connectivity index (χ0n) is 12.0. The van der Waals surface area contributed by atoms with Gasteiger partial charge >= 0.3 is 0 Å². The van der Waals surface area contributed by atoms with Gasteiger partial charge in [-0.25, -0.2) is 0 Å². The lowest BCUT2D eigenvalue weighted by molar-refractivity contribution is -0.131. The zero-order chi connectivity index (χ0) is 12.8. The van der Waals surface area contributed by atoms with Gasteiger partial charge in [-0.2, -0.15) is 11.8 Å². The van der Waals surface area contributed by atoms with Crippen LogP contribution in [-0.2, 0) is 4.79 Å². The number of thioether (sulfide) groups is 1. The average molecular weight is 307 g/mol. The van der Waals surface area contributed by atoms with Crippen molar-refractivity contribution in [1.82, 2.24) is 10.2 Å². The third kappa shape index (κ3) is 4.83. The first-order valence-electron chi connectivity index (χ1n) is 7.32. The molecule has 112 valence electrons. The first-order valence-corrected chi connectivity index (χ1v) is 8.31. The highest BCUT2D eigenvalue weighted by Gasteiger charge is 2.38. The number of carbonyl (C=O) groups excluding carboxylic acids is 1. The van der Waals surface area contributed by atoms with Crippen molar-refractivity contribution in [1.29, 1.82) is 0 Å². The fourth-order valence-electron chi connectivity index (χ4n) is 3.13. The van der Waals surface area contributed by atoms with Crippen molar-refractivity contribution in [2.24, 2.45) is 0 Å². The van der Waals surface area contributed by atoms with Crippen LogP contribution in [-0.4, -0.2) is 48.0 Å². The van der Waals surface area contributed by atoms with Gasteiger partial charge in [0, 0.05) is 30.0 Å². The summed E-state index contributed by atoms with van der Waals surface area (Å²) in [7, 11) is 1.94. The second-order valence-electron chi connectivity index (χ2n) is 5.61. The summed E-state index contributed by atoms with van der Waals surface area (Å²) in [5, 5.41) is 3.11. The minimum Gasteiger partial charge on any atom is -0.340 e. The van der Waals surface area contributed by atoms with E-state index < -0.39 is 0 Å². The monoisotopic (exact) mass is 306 g/mol. The molecule has 19 heavy (non-hydrogen) atoms. The van der Waals surface area contributed by atoms with E-state index in [4.69, 9.17) is 0 Å². The van der Waals surface area contributed by atoms with Gasteiger partial charge in [-0.15, -0.1) is 12.4 Å². The molecule has 0 atom stereocenters. The molecule has 3 nitrogen and oxygen atoms in total. The Morgan fingerprint density at radius 1 is 1.32 bits per heavy atom. The van der Waals surface area contributed by atoms with Gasteiger partial charge in [0.25, 0.3) is 0 Å². The number of nitrogens with zero attached hydrogens (tertiary/aromatic N) is 1. The summed E-state index contributed by atoms with van der Waals surface area (Å²) in [6.07, 6.45) is 8.41. The molecule has 1 aliphatic heterocycles. The van der Waals surface area contributed by atoms with Crippen molar-refractivity contribution in [3.63, 3.8) is 0 Å². The second-order valence-corrected chi connectivity index (χ2v) is 7.18. The van der Waals surface area contributed by atoms with Gasteiger partial charge in [0.15, 0.2) is 0 Å². The Kier molecular flexibility index (Phi) is 7.55. The Morgan fingerprint density at radius 3 is 2.74 bits per heavy atom. The molecule has 0 bridgehead atoms. The van der Waals surface area contributed by atoms with E-state index in [9.17, 15) is 4.79 Å². The summed E-state index contributed by atoms with van der Waals surface area (Å²) in [5.41, 5.74) is 0. The molecular weight excluding hydrogens is 280 g/mol. The summed E-state index contributed by atoms with van der Waals surface area (Å²) >= 11 is 2.13. The quantitative estimate of drug-likeness (QED) is 0.811. The molecule has 1 N–H and O–H groups in total. The van der Waals surface area contributed by atoms with Gasteiger partial charge in [-0.1, -0.05) is 19.3 Å². The van der Waals surface area contributed by atoms with Crippen molar-refractivity contribution in [2.75, 3.05) is 32.4 Å². The van der Waals surface area contributed by atoms with Crippen LogP contribution in [0.25, 0.3) is 0 Å². The van der Waals surface area contributed by atoms with Crippen LogP contribution in [0.3, 0.4) is 0 Å². The summed E-state index contributed by atoms with van der Waals surface area (Å²) in [6.45, 7) is 2.92. The molecule has 1 heterocycles. The van der Waals surface area contributed by atoms with Crippen molar-refractivity contribution in [3.8, 4) is 0 Å². The van der Waals surface area contributed by atoms with Gasteiger partial charge in [0.05, 0.1) is 0 Å². The minimum atomic E-state index is 0. The van der Waals surface area contributed by atoms with Crippen LogP contribution in [0.1, 0.15) is 44.9 Å². The SMILES string of the molecule is CNCCCC(=O)N1CCSC2(CCCCC2)C1.Cl. The number of hydrogen-bond donors (Lipinski definition) is 1. The van der Waals surface area contributed by atoms with Gasteiger partial charge in [-0.05, 0) is 32.9 Å². The molecule has 2 aliphatic rings. The molecule has 0 aromatic rings. The Labute approximate surface area is 127 Å². The normalized spacial score (nSPS) is 22.1. The fourth-order valence-corrected chi connectivity index (χ4v) is 4.70. The van der Waals surface area contributed by atoms with Crippen molar-refractivity contribution < 1.29 is 4.79 Å². The third-order valence-electron chi connectivity index (χ3n) is 4.18. The summed E-state index contributed by atoms with van der Waals surface area (Å²) in [5.74, 6) is 1.51. The third-order valence-corrected chi connectivity index (χ3v) is 5.72. The molecule has 2 rings (SSSR count). The molecule has 1 saturated heterocycles. The van der Waals surface area contributed by atoms with Gasteiger partial charge in [0.2, 0.25) is 5.91 Å². The topological polar surface area (TPSA) is 32.3 Å². The zero-order valence-corrected chi connectivity index (χ0v) is 13.6. The van der Waals surface area contributed by atoms with Crippen LogP contribution >= 0.6 is 24.2 Å². The molecule has 0 aromatic heterocycles. The number of halogens is 1. The lowest BCUT2D eigenvalue weighted by Crippen LogP contribution is -2.49. The fraction of sp³-hybridized carbons (Fsp3) is 0.929. The smallest absolute Gasteiger partial charge is 0.222 e. The van der Waals surface area contributed by atoms with Crippen molar-refractivity contribution >= 4 is 30.1 Å². The Hall–Kier alpha value is 0.0700. The average Bonchev–Trinajstić information content (AvgIpc) is 2.40. The van der Waals surface area contributed by atoms with E-state index >= 15 is 0 Å². The number of nitrogens with one attached hydrogen (secondary N) is 1. The van der Waals surface area contributed by atoms with Crippen molar-refractivity contribution in [3.05, 3.63) is 0 Å². The van der Waals surface area contributed by atoms with Crippen LogP contribution in [0.4, 0.5) is 0 Å². The maximum atomic E-state index is 12.2. The molecule has 5 heteroatoms. The Balaban J connectivity index is 0.00000180. The Bertz CT molecular complexity index is 277. The predicted octanol–water partition coefficient (Wildman–Crippen LogP) is 2.69. The van der Waals surface area contributed by atoms with Crippen LogP contribution in [0.5, 0.6) is 0 Å². The molecule has 1 spiro atoms. The van der Waals surface area contributed by atoms with E-state index in [1.54, 1.807) is 0 Å². The lowest BCUT2D eigenvalue weighted by atomic mass is 9.87. The largest absolute Gasteiger partial charge is 0.340 e. The van der Waals surface area contributed by atoms with E-state index in [0.29, 0.717) is 17.1 Å². The molecule has 1 aliphatic carbocycles. The highest BCUT2D eigenvalue weighted by molar-refractivity contribution is 8.00.